The molecule has 0 unspecified atom stereocenters. The van der Waals surface area contributed by atoms with Crippen molar-refractivity contribution in [3.8, 4) is 11.5 Å². The van der Waals surface area contributed by atoms with E-state index in [1.807, 2.05) is 0 Å². The quantitative estimate of drug-likeness (QED) is 0.576. The van der Waals surface area contributed by atoms with E-state index in [0.29, 0.717) is 29.0 Å². The summed E-state index contributed by atoms with van der Waals surface area (Å²) in [5.41, 5.74) is 1.03. The smallest absolute Gasteiger partial charge is 0.344 e. The molecule has 2 aromatic carbocycles. The number of carbonyl (C=O) groups excluding carboxylic acids is 3. The predicted molar refractivity (Wildman–Crippen MR) is 94.5 cm³/mol. The van der Waals surface area contributed by atoms with Gasteiger partial charge in [0.2, 0.25) is 0 Å². The predicted octanol–water partition coefficient (Wildman–Crippen LogP) is 2.46. The largest absolute Gasteiger partial charge is 0.497 e. The van der Waals surface area contributed by atoms with E-state index < -0.39 is 18.0 Å². The summed E-state index contributed by atoms with van der Waals surface area (Å²) in [4.78, 5) is 34.5. The van der Waals surface area contributed by atoms with Crippen LogP contribution >= 0.6 is 0 Å². The van der Waals surface area contributed by atoms with Gasteiger partial charge in [-0.3, -0.25) is 9.59 Å². The lowest BCUT2D eigenvalue weighted by molar-refractivity contribution is -0.155. The van der Waals surface area contributed by atoms with E-state index in [4.69, 9.17) is 14.2 Å². The van der Waals surface area contributed by atoms with E-state index >= 15 is 0 Å². The van der Waals surface area contributed by atoms with E-state index in [-0.39, 0.29) is 6.61 Å². The Hall–Kier alpha value is -3.35. The molecule has 0 saturated carbocycles. The number of esters is 1. The first-order chi connectivity index (χ1) is 12.5. The van der Waals surface area contributed by atoms with E-state index in [9.17, 15) is 14.4 Å². The summed E-state index contributed by atoms with van der Waals surface area (Å²) >= 11 is 0. The second kappa shape index (κ2) is 9.22. The van der Waals surface area contributed by atoms with Gasteiger partial charge in [-0.1, -0.05) is 6.07 Å². The number of hydrogen-bond donors (Lipinski definition) is 1. The van der Waals surface area contributed by atoms with Crippen LogP contribution in [0.4, 0.5) is 5.69 Å². The van der Waals surface area contributed by atoms with Crippen molar-refractivity contribution in [3.63, 3.8) is 0 Å². The molecule has 0 spiro atoms. The second-order valence-corrected chi connectivity index (χ2v) is 5.33. The lowest BCUT2D eigenvalue weighted by Crippen LogP contribution is -2.31. The lowest BCUT2D eigenvalue weighted by Gasteiger charge is -2.14. The van der Waals surface area contributed by atoms with Crippen molar-refractivity contribution >= 4 is 23.9 Å². The summed E-state index contributed by atoms with van der Waals surface area (Å²) in [6.45, 7) is 1.11. The van der Waals surface area contributed by atoms with Gasteiger partial charge < -0.3 is 19.5 Å². The third kappa shape index (κ3) is 5.62. The Balaban J connectivity index is 1.81. The standard InChI is InChI=1S/C19H19NO6/c1-13(19(23)20-15-4-3-5-17(10-15)24-2)26-18(22)12-25-16-8-6-14(11-21)7-9-16/h3-11,13H,12H2,1-2H3,(H,20,23)/t13-/m1/s1. The van der Waals surface area contributed by atoms with Crippen molar-refractivity contribution in [3.05, 3.63) is 54.1 Å². The highest BCUT2D eigenvalue weighted by molar-refractivity contribution is 5.95. The summed E-state index contributed by atoms with van der Waals surface area (Å²) < 4.78 is 15.4. The van der Waals surface area contributed by atoms with Crippen LogP contribution < -0.4 is 14.8 Å². The van der Waals surface area contributed by atoms with Crippen LogP contribution in [0.15, 0.2) is 48.5 Å². The molecule has 7 nitrogen and oxygen atoms in total. The molecule has 2 aromatic rings. The normalized spacial score (nSPS) is 11.2. The zero-order chi connectivity index (χ0) is 18.9. The summed E-state index contributed by atoms with van der Waals surface area (Å²) in [6, 6.07) is 13.1. The third-order valence-electron chi connectivity index (χ3n) is 3.39. The molecule has 0 fully saturated rings. The van der Waals surface area contributed by atoms with Crippen LogP contribution in [0, 0.1) is 0 Å². The summed E-state index contributed by atoms with van der Waals surface area (Å²) in [5, 5.41) is 2.64. The van der Waals surface area contributed by atoms with Gasteiger partial charge in [-0.2, -0.15) is 0 Å². The van der Waals surface area contributed by atoms with Crippen LogP contribution in [0.25, 0.3) is 0 Å². The molecule has 0 aliphatic heterocycles. The molecule has 7 heteroatoms. The molecule has 136 valence electrons. The highest BCUT2D eigenvalue weighted by Gasteiger charge is 2.18. The van der Waals surface area contributed by atoms with Crippen molar-refractivity contribution in [2.45, 2.75) is 13.0 Å². The van der Waals surface area contributed by atoms with Crippen molar-refractivity contribution < 1.29 is 28.6 Å². The van der Waals surface area contributed by atoms with Gasteiger partial charge in [0.05, 0.1) is 7.11 Å². The number of anilines is 1. The number of aldehydes is 1. The van der Waals surface area contributed by atoms with Gasteiger partial charge in [-0.25, -0.2) is 4.79 Å². The Morgan fingerprint density at radius 3 is 2.50 bits per heavy atom. The maximum Gasteiger partial charge on any atom is 0.344 e. The van der Waals surface area contributed by atoms with Crippen LogP contribution in [-0.4, -0.2) is 38.0 Å². The van der Waals surface area contributed by atoms with Crippen molar-refractivity contribution in [2.24, 2.45) is 0 Å². The van der Waals surface area contributed by atoms with Crippen LogP contribution in [0.3, 0.4) is 0 Å². The van der Waals surface area contributed by atoms with E-state index in [0.717, 1.165) is 0 Å². The minimum Gasteiger partial charge on any atom is -0.497 e. The monoisotopic (exact) mass is 357 g/mol. The molecule has 0 aliphatic carbocycles. The average Bonchev–Trinajstić information content (AvgIpc) is 2.66. The lowest BCUT2D eigenvalue weighted by atomic mass is 10.2. The van der Waals surface area contributed by atoms with Gasteiger partial charge in [0.15, 0.2) is 12.7 Å². The molecule has 0 bridgehead atoms. The summed E-state index contributed by atoms with van der Waals surface area (Å²) in [7, 11) is 1.53. The highest BCUT2D eigenvalue weighted by atomic mass is 16.6. The fraction of sp³-hybridized carbons (Fsp3) is 0.211. The average molecular weight is 357 g/mol. The third-order valence-corrected chi connectivity index (χ3v) is 3.39. The summed E-state index contributed by atoms with van der Waals surface area (Å²) in [5.74, 6) is -0.137. The Morgan fingerprint density at radius 1 is 1.12 bits per heavy atom. The maximum absolute atomic E-state index is 12.1. The Labute approximate surface area is 150 Å². The first kappa shape index (κ1) is 19.0. The highest BCUT2D eigenvalue weighted by Crippen LogP contribution is 2.17. The number of ether oxygens (including phenoxy) is 3. The minimum atomic E-state index is -0.991. The Bertz CT molecular complexity index is 772. The van der Waals surface area contributed by atoms with Gasteiger partial charge in [-0.15, -0.1) is 0 Å². The number of benzene rings is 2. The van der Waals surface area contributed by atoms with Crippen molar-refractivity contribution in [1.82, 2.24) is 0 Å². The molecule has 0 aromatic heterocycles. The molecule has 0 aliphatic rings. The van der Waals surface area contributed by atoms with Gasteiger partial charge in [0, 0.05) is 17.3 Å². The number of amides is 1. The van der Waals surface area contributed by atoms with Gasteiger partial charge in [0.25, 0.3) is 5.91 Å². The van der Waals surface area contributed by atoms with Crippen LogP contribution in [0.2, 0.25) is 0 Å². The van der Waals surface area contributed by atoms with Crippen LogP contribution in [0.5, 0.6) is 11.5 Å². The zero-order valence-corrected chi connectivity index (χ0v) is 14.4. The SMILES string of the molecule is COc1cccc(NC(=O)[C@@H](C)OC(=O)COc2ccc(C=O)cc2)c1. The Morgan fingerprint density at radius 2 is 1.85 bits per heavy atom. The fourth-order valence-electron chi connectivity index (χ4n) is 2.01. The number of rotatable bonds is 8. The molecule has 1 amide bonds. The number of hydrogen-bond acceptors (Lipinski definition) is 6. The van der Waals surface area contributed by atoms with Gasteiger partial charge in [0.1, 0.15) is 17.8 Å². The minimum absolute atomic E-state index is 0.350. The molecule has 1 atom stereocenters. The number of methoxy groups -OCH3 is 1. The molecule has 26 heavy (non-hydrogen) atoms. The first-order valence-corrected chi connectivity index (χ1v) is 7.84. The molecule has 0 saturated heterocycles. The van der Waals surface area contributed by atoms with E-state index in [1.54, 1.807) is 48.5 Å². The van der Waals surface area contributed by atoms with Gasteiger partial charge >= 0.3 is 5.97 Å². The topological polar surface area (TPSA) is 90.9 Å². The molecule has 0 radical (unpaired) electrons. The Kier molecular flexibility index (Phi) is 6.73. The van der Waals surface area contributed by atoms with E-state index in [1.165, 1.54) is 14.0 Å². The van der Waals surface area contributed by atoms with Crippen molar-refractivity contribution in [2.75, 3.05) is 19.0 Å². The van der Waals surface area contributed by atoms with Crippen molar-refractivity contribution in [1.29, 1.82) is 0 Å². The van der Waals surface area contributed by atoms with Crippen LogP contribution in [0.1, 0.15) is 17.3 Å². The zero-order valence-electron chi connectivity index (χ0n) is 14.4. The summed E-state index contributed by atoms with van der Waals surface area (Å²) in [6.07, 6.45) is -0.282. The second-order valence-electron chi connectivity index (χ2n) is 5.33. The molecule has 2 rings (SSSR count). The van der Waals surface area contributed by atoms with E-state index in [2.05, 4.69) is 5.32 Å². The molecule has 1 N–H and O–H groups in total. The maximum atomic E-state index is 12.1. The van der Waals surface area contributed by atoms with Gasteiger partial charge in [-0.05, 0) is 43.3 Å². The number of nitrogens with one attached hydrogen (secondary N) is 1. The molecular formula is C19H19NO6. The van der Waals surface area contributed by atoms with Crippen LogP contribution in [-0.2, 0) is 14.3 Å². The molecule has 0 heterocycles. The number of carbonyl (C=O) groups is 3. The molecular weight excluding hydrogens is 338 g/mol. The first-order valence-electron chi connectivity index (χ1n) is 7.84. The fourth-order valence-corrected chi connectivity index (χ4v) is 2.01.